The lowest BCUT2D eigenvalue weighted by Crippen LogP contribution is -2.22. The van der Waals surface area contributed by atoms with E-state index in [1.54, 1.807) is 42.6 Å². The molecule has 3 rings (SSSR count). The molecule has 0 spiro atoms. The fourth-order valence-electron chi connectivity index (χ4n) is 1.96. The first-order chi connectivity index (χ1) is 9.70. The number of halogens is 1. The molecule has 0 unspecified atom stereocenters. The van der Waals surface area contributed by atoms with Crippen LogP contribution in [0.25, 0.3) is 16.9 Å². The van der Waals surface area contributed by atoms with Crippen LogP contribution in [-0.2, 0) is 0 Å². The van der Waals surface area contributed by atoms with Crippen molar-refractivity contribution in [3.8, 4) is 11.6 Å². The van der Waals surface area contributed by atoms with Crippen molar-refractivity contribution in [1.82, 2.24) is 14.5 Å². The van der Waals surface area contributed by atoms with Crippen molar-refractivity contribution in [3.63, 3.8) is 0 Å². The van der Waals surface area contributed by atoms with E-state index >= 15 is 0 Å². The molecule has 0 bridgehead atoms. The molecule has 2 aromatic heterocycles. The average molecular weight is 288 g/mol. The normalized spacial score (nSPS) is 10.7. The third-order valence-electron chi connectivity index (χ3n) is 2.86. The molecule has 3 aromatic rings. The Hall–Kier alpha value is -2.40. The van der Waals surface area contributed by atoms with Gasteiger partial charge in [-0.25, -0.2) is 9.97 Å². The molecule has 0 aliphatic heterocycles. The summed E-state index contributed by atoms with van der Waals surface area (Å²) in [6.07, 6.45) is 1.61. The number of methoxy groups -OCH3 is 1. The number of aromatic nitrogens is 3. The molecular weight excluding hydrogens is 278 g/mol. The quantitative estimate of drug-likeness (QED) is 0.726. The molecule has 100 valence electrons. The molecule has 0 aliphatic carbocycles. The van der Waals surface area contributed by atoms with E-state index in [-0.39, 0.29) is 11.4 Å². The van der Waals surface area contributed by atoms with E-state index in [0.717, 1.165) is 0 Å². The molecule has 5 nitrogen and oxygen atoms in total. The Labute approximate surface area is 119 Å². The lowest BCUT2D eigenvalue weighted by atomic mass is 10.3. The maximum absolute atomic E-state index is 12.4. The van der Waals surface area contributed by atoms with Crippen molar-refractivity contribution in [2.75, 3.05) is 7.11 Å². The number of nitrogens with zero attached hydrogens (tertiary/aromatic N) is 3. The zero-order valence-electron chi connectivity index (χ0n) is 10.6. The third-order valence-corrected chi connectivity index (χ3v) is 3.12. The van der Waals surface area contributed by atoms with Crippen LogP contribution < -0.4 is 10.3 Å². The second kappa shape index (κ2) is 4.94. The summed E-state index contributed by atoms with van der Waals surface area (Å²) < 4.78 is 6.50. The van der Waals surface area contributed by atoms with Crippen LogP contribution in [0.3, 0.4) is 0 Å². The SMILES string of the molecule is COc1nc2cccnc2n(-c2ccc(Cl)cc2)c1=O. The van der Waals surface area contributed by atoms with Gasteiger partial charge in [-0.15, -0.1) is 0 Å². The predicted octanol–water partition coefficient (Wildman–Crippen LogP) is 2.44. The Morgan fingerprint density at radius 2 is 1.95 bits per heavy atom. The van der Waals surface area contributed by atoms with Gasteiger partial charge in [0.2, 0.25) is 0 Å². The monoisotopic (exact) mass is 287 g/mol. The minimum absolute atomic E-state index is 0.0282. The number of fused-ring (bicyclic) bond motifs is 1. The first kappa shape index (κ1) is 12.6. The summed E-state index contributed by atoms with van der Waals surface area (Å²) in [5.41, 5.74) is 1.35. The van der Waals surface area contributed by atoms with Gasteiger partial charge < -0.3 is 4.74 Å². The maximum atomic E-state index is 12.4. The molecule has 20 heavy (non-hydrogen) atoms. The van der Waals surface area contributed by atoms with E-state index in [1.807, 2.05) is 0 Å². The van der Waals surface area contributed by atoms with Crippen LogP contribution in [0.5, 0.6) is 5.88 Å². The van der Waals surface area contributed by atoms with Gasteiger partial charge in [0.05, 0.1) is 12.8 Å². The summed E-state index contributed by atoms with van der Waals surface area (Å²) in [4.78, 5) is 20.8. The van der Waals surface area contributed by atoms with E-state index in [0.29, 0.717) is 21.9 Å². The highest BCUT2D eigenvalue weighted by atomic mass is 35.5. The van der Waals surface area contributed by atoms with Gasteiger partial charge in [-0.1, -0.05) is 11.6 Å². The van der Waals surface area contributed by atoms with Crippen LogP contribution in [0.2, 0.25) is 5.02 Å². The highest BCUT2D eigenvalue weighted by molar-refractivity contribution is 6.30. The Bertz CT molecular complexity index is 828. The molecule has 6 heteroatoms. The highest BCUT2D eigenvalue weighted by Crippen LogP contribution is 2.17. The molecule has 0 amide bonds. The van der Waals surface area contributed by atoms with E-state index in [4.69, 9.17) is 16.3 Å². The molecule has 0 aliphatic rings. The Kier molecular flexibility index (Phi) is 3.12. The van der Waals surface area contributed by atoms with Crippen LogP contribution in [0.4, 0.5) is 0 Å². The summed E-state index contributed by atoms with van der Waals surface area (Å²) in [6, 6.07) is 10.5. The minimum atomic E-state index is -0.360. The summed E-state index contributed by atoms with van der Waals surface area (Å²) in [5.74, 6) is 0.0282. The predicted molar refractivity (Wildman–Crippen MR) is 76.7 cm³/mol. The number of pyridine rings is 1. The highest BCUT2D eigenvalue weighted by Gasteiger charge is 2.13. The van der Waals surface area contributed by atoms with E-state index in [9.17, 15) is 4.79 Å². The second-order valence-electron chi connectivity index (χ2n) is 4.08. The molecule has 0 radical (unpaired) electrons. The zero-order chi connectivity index (χ0) is 14.1. The summed E-state index contributed by atoms with van der Waals surface area (Å²) in [5, 5.41) is 0.597. The van der Waals surface area contributed by atoms with Crippen molar-refractivity contribution in [2.24, 2.45) is 0 Å². The van der Waals surface area contributed by atoms with Crippen LogP contribution >= 0.6 is 11.6 Å². The molecule has 2 heterocycles. The van der Waals surface area contributed by atoms with Gasteiger partial charge in [0, 0.05) is 11.2 Å². The lowest BCUT2D eigenvalue weighted by molar-refractivity contribution is 0.391. The van der Waals surface area contributed by atoms with Gasteiger partial charge in [-0.05, 0) is 36.4 Å². The number of hydrogen-bond acceptors (Lipinski definition) is 4. The van der Waals surface area contributed by atoms with E-state index in [2.05, 4.69) is 9.97 Å². The van der Waals surface area contributed by atoms with Gasteiger partial charge in [-0.2, -0.15) is 0 Å². The number of benzene rings is 1. The van der Waals surface area contributed by atoms with Crippen molar-refractivity contribution >= 4 is 22.8 Å². The van der Waals surface area contributed by atoms with Crippen LogP contribution in [0.15, 0.2) is 47.4 Å². The van der Waals surface area contributed by atoms with Crippen LogP contribution in [-0.4, -0.2) is 21.6 Å². The second-order valence-corrected chi connectivity index (χ2v) is 4.52. The fourth-order valence-corrected chi connectivity index (χ4v) is 2.09. The lowest BCUT2D eigenvalue weighted by Gasteiger charge is -2.10. The van der Waals surface area contributed by atoms with Gasteiger partial charge in [0.25, 0.3) is 5.88 Å². The standard InChI is InChI=1S/C14H10ClN3O2/c1-20-13-14(19)18(10-6-4-9(15)5-7-10)12-11(17-13)3-2-8-16-12/h2-8H,1H3. The van der Waals surface area contributed by atoms with Crippen molar-refractivity contribution in [1.29, 1.82) is 0 Å². The zero-order valence-corrected chi connectivity index (χ0v) is 11.3. The van der Waals surface area contributed by atoms with E-state index < -0.39 is 0 Å². The summed E-state index contributed by atoms with van der Waals surface area (Å²) >= 11 is 5.88. The van der Waals surface area contributed by atoms with Crippen molar-refractivity contribution in [2.45, 2.75) is 0 Å². The molecule has 0 atom stereocenters. The molecule has 0 saturated carbocycles. The Balaban J connectivity index is 2.40. The molecule has 0 saturated heterocycles. The van der Waals surface area contributed by atoms with Gasteiger partial charge in [-0.3, -0.25) is 9.36 Å². The van der Waals surface area contributed by atoms with Crippen molar-refractivity contribution in [3.05, 3.63) is 58.0 Å². The first-order valence-electron chi connectivity index (χ1n) is 5.88. The van der Waals surface area contributed by atoms with Gasteiger partial charge in [0.15, 0.2) is 5.65 Å². The summed E-state index contributed by atoms with van der Waals surface area (Å²) in [7, 11) is 1.41. The molecule has 0 fully saturated rings. The Morgan fingerprint density at radius 3 is 2.65 bits per heavy atom. The van der Waals surface area contributed by atoms with E-state index in [1.165, 1.54) is 11.7 Å². The van der Waals surface area contributed by atoms with Gasteiger partial charge >= 0.3 is 5.56 Å². The number of hydrogen-bond donors (Lipinski definition) is 0. The largest absolute Gasteiger partial charge is 0.477 e. The third kappa shape index (κ3) is 2.02. The fraction of sp³-hybridized carbons (Fsp3) is 0.0714. The average Bonchev–Trinajstić information content (AvgIpc) is 2.48. The molecule has 0 N–H and O–H groups in total. The molecular formula is C14H10ClN3O2. The smallest absolute Gasteiger partial charge is 0.319 e. The number of rotatable bonds is 2. The maximum Gasteiger partial charge on any atom is 0.319 e. The summed E-state index contributed by atoms with van der Waals surface area (Å²) in [6.45, 7) is 0. The van der Waals surface area contributed by atoms with Crippen LogP contribution in [0.1, 0.15) is 0 Å². The topological polar surface area (TPSA) is 57.0 Å². The first-order valence-corrected chi connectivity index (χ1v) is 6.26. The van der Waals surface area contributed by atoms with Gasteiger partial charge in [0.1, 0.15) is 5.52 Å². The van der Waals surface area contributed by atoms with Crippen molar-refractivity contribution < 1.29 is 4.74 Å². The minimum Gasteiger partial charge on any atom is -0.477 e. The van der Waals surface area contributed by atoms with Crippen LogP contribution in [0, 0.1) is 0 Å². The number of ether oxygens (including phenoxy) is 1. The Morgan fingerprint density at radius 1 is 1.20 bits per heavy atom. The molecule has 1 aromatic carbocycles.